The van der Waals surface area contributed by atoms with E-state index in [2.05, 4.69) is 19.7 Å². The Balaban J connectivity index is 3.71. The summed E-state index contributed by atoms with van der Waals surface area (Å²) in [5, 5.41) is 8.69. The zero-order chi connectivity index (χ0) is 6.41. The van der Waals surface area contributed by atoms with Crippen molar-refractivity contribution in [2.45, 2.75) is 6.10 Å². The zero-order valence-corrected chi connectivity index (χ0v) is 8.10. The summed E-state index contributed by atoms with van der Waals surface area (Å²) in [6.07, 6.45) is -0.774. The van der Waals surface area contributed by atoms with Crippen molar-refractivity contribution in [3.8, 4) is 19.7 Å². The van der Waals surface area contributed by atoms with Crippen molar-refractivity contribution in [2.24, 2.45) is 0 Å². The molecule has 0 bridgehead atoms. The molecule has 0 aromatic heterocycles. The fourth-order valence-electron chi connectivity index (χ4n) is 0.139. The molecule has 3 heteroatoms. The molecule has 1 nitrogen and oxygen atoms in total. The standard InChI is InChI=1S/C5H2I2O/c6-3-1-5(8)2-4-7/h5,8H. The van der Waals surface area contributed by atoms with Gasteiger partial charge in [-0.05, 0) is 19.7 Å². The van der Waals surface area contributed by atoms with Gasteiger partial charge >= 0.3 is 0 Å². The van der Waals surface area contributed by atoms with Crippen LogP contribution in [0.1, 0.15) is 0 Å². The highest BCUT2D eigenvalue weighted by Crippen LogP contribution is 1.80. The smallest absolute Gasteiger partial charge is 0.178 e. The topological polar surface area (TPSA) is 20.2 Å². The van der Waals surface area contributed by atoms with Crippen LogP contribution >= 0.6 is 45.2 Å². The molecule has 0 heterocycles. The molecule has 1 N–H and O–H groups in total. The minimum atomic E-state index is -0.774. The lowest BCUT2D eigenvalue weighted by Gasteiger charge is -1.83. The van der Waals surface area contributed by atoms with E-state index in [1.165, 1.54) is 0 Å². The minimum absolute atomic E-state index is 0.774. The highest BCUT2D eigenvalue weighted by molar-refractivity contribution is 14.1. The summed E-state index contributed by atoms with van der Waals surface area (Å²) in [5.74, 6) is 4.92. The number of hydrogen-bond acceptors (Lipinski definition) is 1. The van der Waals surface area contributed by atoms with Crippen LogP contribution in [0.15, 0.2) is 0 Å². The first kappa shape index (κ1) is 8.54. The van der Waals surface area contributed by atoms with E-state index in [1.54, 1.807) is 0 Å². The van der Waals surface area contributed by atoms with Crippen LogP contribution in [0.3, 0.4) is 0 Å². The molecule has 0 atom stereocenters. The van der Waals surface area contributed by atoms with Gasteiger partial charge in [-0.3, -0.25) is 0 Å². The molecule has 0 saturated heterocycles. The third kappa shape index (κ3) is 4.69. The second-order valence-corrected chi connectivity index (χ2v) is 1.96. The van der Waals surface area contributed by atoms with Crippen molar-refractivity contribution < 1.29 is 5.11 Å². The van der Waals surface area contributed by atoms with Crippen molar-refractivity contribution in [2.75, 3.05) is 0 Å². The van der Waals surface area contributed by atoms with Gasteiger partial charge in [0, 0.05) is 45.2 Å². The Kier molecular flexibility index (Phi) is 6.06. The number of aliphatic hydroxyl groups is 1. The number of hydrogen-bond donors (Lipinski definition) is 1. The molecule has 0 aromatic carbocycles. The van der Waals surface area contributed by atoms with Gasteiger partial charge in [0.1, 0.15) is 0 Å². The van der Waals surface area contributed by atoms with E-state index >= 15 is 0 Å². The average molecular weight is 332 g/mol. The number of halogens is 2. The predicted molar refractivity (Wildman–Crippen MR) is 49.6 cm³/mol. The fraction of sp³-hybridized carbons (Fsp3) is 0.200. The van der Waals surface area contributed by atoms with E-state index in [0.29, 0.717) is 0 Å². The second kappa shape index (κ2) is 5.67. The molecule has 0 aliphatic heterocycles. The molecule has 0 radical (unpaired) electrons. The van der Waals surface area contributed by atoms with E-state index in [0.717, 1.165) is 0 Å². The number of rotatable bonds is 0. The highest BCUT2D eigenvalue weighted by atomic mass is 127. The first-order valence-electron chi connectivity index (χ1n) is 1.71. The van der Waals surface area contributed by atoms with Crippen molar-refractivity contribution in [3.63, 3.8) is 0 Å². The zero-order valence-electron chi connectivity index (χ0n) is 3.78. The lowest BCUT2D eigenvalue weighted by Crippen LogP contribution is -1.95. The third-order valence-electron chi connectivity index (χ3n) is 0.383. The molecule has 0 aliphatic carbocycles. The maximum absolute atomic E-state index is 8.69. The average Bonchev–Trinajstić information content (AvgIpc) is 1.68. The summed E-state index contributed by atoms with van der Waals surface area (Å²) in [6, 6.07) is 0. The summed E-state index contributed by atoms with van der Waals surface area (Å²) >= 11 is 3.70. The molecule has 0 saturated carbocycles. The molecule has 42 valence electrons. The van der Waals surface area contributed by atoms with E-state index in [1.807, 2.05) is 45.2 Å². The first-order chi connectivity index (χ1) is 3.81. The Morgan fingerprint density at radius 3 is 1.75 bits per heavy atom. The lowest BCUT2D eigenvalue weighted by atomic mass is 10.4. The van der Waals surface area contributed by atoms with Gasteiger partial charge in [-0.1, -0.05) is 0 Å². The minimum Gasteiger partial charge on any atom is -0.369 e. The van der Waals surface area contributed by atoms with Crippen molar-refractivity contribution in [1.82, 2.24) is 0 Å². The quantitative estimate of drug-likeness (QED) is 0.521. The van der Waals surface area contributed by atoms with Gasteiger partial charge in [0.05, 0.1) is 0 Å². The van der Waals surface area contributed by atoms with Crippen LogP contribution in [-0.4, -0.2) is 11.2 Å². The molecule has 0 aromatic rings. The Bertz CT molecular complexity index is 146. The SMILES string of the molecule is OC(C#CI)C#CI. The molecule has 0 spiro atoms. The molecule has 0 unspecified atom stereocenters. The maximum Gasteiger partial charge on any atom is 0.178 e. The second-order valence-electron chi connectivity index (χ2n) is 0.880. The largest absolute Gasteiger partial charge is 0.369 e. The molecule has 8 heavy (non-hydrogen) atoms. The van der Waals surface area contributed by atoms with Crippen LogP contribution in [0, 0.1) is 19.7 Å². The van der Waals surface area contributed by atoms with Crippen molar-refractivity contribution in [3.05, 3.63) is 0 Å². The Hall–Kier alpha value is 0.540. The van der Waals surface area contributed by atoms with Gasteiger partial charge in [0.2, 0.25) is 0 Å². The Morgan fingerprint density at radius 2 is 1.50 bits per heavy atom. The van der Waals surface area contributed by atoms with E-state index < -0.39 is 6.10 Å². The van der Waals surface area contributed by atoms with E-state index in [4.69, 9.17) is 5.11 Å². The molecular weight excluding hydrogens is 330 g/mol. The molecular formula is C5H2I2O. The van der Waals surface area contributed by atoms with Crippen LogP contribution in [0.5, 0.6) is 0 Å². The lowest BCUT2D eigenvalue weighted by molar-refractivity contribution is 0.290. The van der Waals surface area contributed by atoms with Gasteiger partial charge in [-0.2, -0.15) is 0 Å². The number of aliphatic hydroxyl groups excluding tert-OH is 1. The van der Waals surface area contributed by atoms with Crippen molar-refractivity contribution in [1.29, 1.82) is 0 Å². The summed E-state index contributed by atoms with van der Waals surface area (Å²) < 4.78 is 5.03. The van der Waals surface area contributed by atoms with Crippen LogP contribution < -0.4 is 0 Å². The molecule has 0 rings (SSSR count). The van der Waals surface area contributed by atoms with Gasteiger partial charge < -0.3 is 5.11 Å². The van der Waals surface area contributed by atoms with E-state index in [9.17, 15) is 0 Å². The van der Waals surface area contributed by atoms with Crippen LogP contribution in [0.2, 0.25) is 0 Å². The van der Waals surface area contributed by atoms with E-state index in [-0.39, 0.29) is 0 Å². The summed E-state index contributed by atoms with van der Waals surface area (Å²) in [5.41, 5.74) is 0. The maximum atomic E-state index is 8.69. The highest BCUT2D eigenvalue weighted by Gasteiger charge is 1.85. The van der Waals surface area contributed by atoms with Crippen LogP contribution in [0.4, 0.5) is 0 Å². The van der Waals surface area contributed by atoms with Crippen LogP contribution in [-0.2, 0) is 0 Å². The predicted octanol–water partition coefficient (Wildman–Crippen LogP) is 1.14. The Labute approximate surface area is 75.5 Å². The van der Waals surface area contributed by atoms with Gasteiger partial charge in [-0.15, -0.1) is 0 Å². The molecule has 0 fully saturated rings. The molecule has 0 amide bonds. The molecule has 0 aliphatic rings. The first-order valence-corrected chi connectivity index (χ1v) is 3.87. The van der Waals surface area contributed by atoms with Crippen molar-refractivity contribution >= 4 is 45.2 Å². The summed E-state index contributed by atoms with van der Waals surface area (Å²) in [7, 11) is 0. The van der Waals surface area contributed by atoms with Gasteiger partial charge in [-0.25, -0.2) is 0 Å². The van der Waals surface area contributed by atoms with Gasteiger partial charge in [0.15, 0.2) is 6.10 Å². The Morgan fingerprint density at radius 1 is 1.12 bits per heavy atom. The van der Waals surface area contributed by atoms with Crippen LogP contribution in [0.25, 0.3) is 0 Å². The summed E-state index contributed by atoms with van der Waals surface area (Å²) in [6.45, 7) is 0. The fourth-order valence-corrected chi connectivity index (χ4v) is 0.729. The summed E-state index contributed by atoms with van der Waals surface area (Å²) in [4.78, 5) is 0. The third-order valence-corrected chi connectivity index (χ3v) is 1.01. The van der Waals surface area contributed by atoms with Gasteiger partial charge in [0.25, 0.3) is 0 Å². The normalized spacial score (nSPS) is 6.50. The monoisotopic (exact) mass is 332 g/mol.